The van der Waals surface area contributed by atoms with E-state index in [1.54, 1.807) is 0 Å². The fourth-order valence-corrected chi connectivity index (χ4v) is 3.58. The van der Waals surface area contributed by atoms with E-state index in [1.807, 2.05) is 30.6 Å². The lowest BCUT2D eigenvalue weighted by molar-refractivity contribution is 0.635. The molecule has 6 heteroatoms. The van der Waals surface area contributed by atoms with Crippen molar-refractivity contribution in [2.45, 2.75) is 20.3 Å². The topological polar surface area (TPSA) is 57.2 Å². The lowest BCUT2D eigenvalue weighted by atomic mass is 10.1. The molecule has 28 heavy (non-hydrogen) atoms. The summed E-state index contributed by atoms with van der Waals surface area (Å²) in [5.41, 5.74) is 3.67. The Labute approximate surface area is 166 Å². The van der Waals surface area contributed by atoms with Gasteiger partial charge in [-0.15, -0.1) is 0 Å². The van der Waals surface area contributed by atoms with E-state index in [4.69, 9.17) is 4.98 Å². The molecule has 1 aliphatic rings. The zero-order valence-corrected chi connectivity index (χ0v) is 16.5. The van der Waals surface area contributed by atoms with Crippen LogP contribution >= 0.6 is 0 Å². The second-order valence-corrected chi connectivity index (χ2v) is 6.99. The van der Waals surface area contributed by atoms with Gasteiger partial charge in [-0.2, -0.15) is 4.98 Å². The lowest BCUT2D eigenvalue weighted by Gasteiger charge is -2.35. The Bertz CT molecular complexity index is 919. The van der Waals surface area contributed by atoms with Crippen LogP contribution in [0.15, 0.2) is 54.9 Å². The molecule has 3 aromatic rings. The number of aromatic nitrogens is 3. The second kappa shape index (κ2) is 8.25. The third-order valence-electron chi connectivity index (χ3n) is 5.17. The molecule has 1 N–H and O–H groups in total. The molecule has 1 fully saturated rings. The first kappa shape index (κ1) is 18.2. The van der Waals surface area contributed by atoms with Crippen LogP contribution in [0.1, 0.15) is 18.1 Å². The van der Waals surface area contributed by atoms with Gasteiger partial charge in [0.2, 0.25) is 5.95 Å². The maximum atomic E-state index is 4.78. The highest BCUT2D eigenvalue weighted by molar-refractivity contribution is 5.65. The zero-order valence-electron chi connectivity index (χ0n) is 16.5. The van der Waals surface area contributed by atoms with Gasteiger partial charge < -0.3 is 15.1 Å². The molecule has 0 amide bonds. The molecule has 0 atom stereocenters. The summed E-state index contributed by atoms with van der Waals surface area (Å²) in [7, 11) is 0. The molecule has 0 radical (unpaired) electrons. The molecular weight excluding hydrogens is 348 g/mol. The predicted octanol–water partition coefficient (Wildman–Crippen LogP) is 3.81. The monoisotopic (exact) mass is 374 g/mol. The van der Waals surface area contributed by atoms with Crippen molar-refractivity contribution in [1.82, 2.24) is 15.0 Å². The summed E-state index contributed by atoms with van der Waals surface area (Å²) >= 11 is 0. The van der Waals surface area contributed by atoms with Crippen LogP contribution in [0.5, 0.6) is 0 Å². The van der Waals surface area contributed by atoms with Crippen molar-refractivity contribution < 1.29 is 0 Å². The molecule has 1 saturated heterocycles. The number of rotatable bonds is 5. The van der Waals surface area contributed by atoms with Crippen molar-refractivity contribution in [3.05, 3.63) is 66.0 Å². The van der Waals surface area contributed by atoms with E-state index in [1.165, 1.54) is 11.1 Å². The largest absolute Gasteiger partial charge is 0.353 e. The van der Waals surface area contributed by atoms with Gasteiger partial charge in [0.1, 0.15) is 11.6 Å². The number of benzene rings is 1. The number of hydrogen-bond donors (Lipinski definition) is 1. The fourth-order valence-electron chi connectivity index (χ4n) is 3.58. The van der Waals surface area contributed by atoms with Gasteiger partial charge in [0.15, 0.2) is 0 Å². The number of hydrogen-bond acceptors (Lipinski definition) is 6. The van der Waals surface area contributed by atoms with E-state index in [2.05, 4.69) is 63.2 Å². The van der Waals surface area contributed by atoms with Gasteiger partial charge in [0.05, 0.1) is 0 Å². The second-order valence-electron chi connectivity index (χ2n) is 6.99. The minimum Gasteiger partial charge on any atom is -0.353 e. The van der Waals surface area contributed by atoms with Crippen LogP contribution in [-0.2, 0) is 6.42 Å². The van der Waals surface area contributed by atoms with Gasteiger partial charge >= 0.3 is 0 Å². The minimum absolute atomic E-state index is 0.775. The Kier molecular flexibility index (Phi) is 5.37. The normalized spacial score (nSPS) is 14.2. The van der Waals surface area contributed by atoms with Crippen molar-refractivity contribution in [2.75, 3.05) is 41.3 Å². The highest BCUT2D eigenvalue weighted by atomic mass is 15.3. The SMILES string of the molecule is CCc1cccc(C)c1Nc1ccnc(N2CCN(c3ccccn3)CC2)n1. The van der Waals surface area contributed by atoms with Gasteiger partial charge in [-0.1, -0.05) is 31.2 Å². The van der Waals surface area contributed by atoms with Gasteiger partial charge in [0, 0.05) is 44.3 Å². The summed E-state index contributed by atoms with van der Waals surface area (Å²) in [6.07, 6.45) is 4.66. The van der Waals surface area contributed by atoms with E-state index in [-0.39, 0.29) is 0 Å². The molecule has 2 aromatic heterocycles. The smallest absolute Gasteiger partial charge is 0.227 e. The minimum atomic E-state index is 0.775. The number of pyridine rings is 1. The third-order valence-corrected chi connectivity index (χ3v) is 5.17. The number of piperazine rings is 1. The van der Waals surface area contributed by atoms with E-state index in [0.29, 0.717) is 0 Å². The molecule has 0 aliphatic carbocycles. The Balaban J connectivity index is 1.46. The van der Waals surface area contributed by atoms with Crippen molar-refractivity contribution >= 4 is 23.3 Å². The first-order valence-corrected chi connectivity index (χ1v) is 9.84. The summed E-state index contributed by atoms with van der Waals surface area (Å²) in [6, 6.07) is 14.4. The average Bonchev–Trinajstić information content (AvgIpc) is 2.76. The van der Waals surface area contributed by atoms with Crippen LogP contribution in [0.25, 0.3) is 0 Å². The summed E-state index contributed by atoms with van der Waals surface area (Å²) < 4.78 is 0. The summed E-state index contributed by atoms with van der Waals surface area (Å²) in [5, 5.41) is 3.51. The van der Waals surface area contributed by atoms with Gasteiger partial charge in [0.25, 0.3) is 0 Å². The number of aryl methyl sites for hydroxylation is 2. The van der Waals surface area contributed by atoms with Crippen LogP contribution in [0.3, 0.4) is 0 Å². The number of para-hydroxylation sites is 1. The maximum Gasteiger partial charge on any atom is 0.227 e. The molecule has 0 unspecified atom stereocenters. The molecule has 0 saturated carbocycles. The molecule has 6 nitrogen and oxygen atoms in total. The Hall–Kier alpha value is -3.15. The zero-order chi connectivity index (χ0) is 19.3. The van der Waals surface area contributed by atoms with Crippen LogP contribution < -0.4 is 15.1 Å². The van der Waals surface area contributed by atoms with Crippen molar-refractivity contribution in [3.63, 3.8) is 0 Å². The molecule has 144 valence electrons. The Morgan fingerprint density at radius 2 is 1.71 bits per heavy atom. The van der Waals surface area contributed by atoms with Crippen molar-refractivity contribution in [2.24, 2.45) is 0 Å². The standard InChI is InChI=1S/C22H26N6/c1-3-18-8-6-7-17(2)21(18)25-19-10-12-24-22(26-19)28-15-13-27(14-16-28)20-9-4-5-11-23-20/h4-12H,3,13-16H2,1-2H3,(H,24,25,26). The molecule has 0 bridgehead atoms. The molecule has 1 aromatic carbocycles. The highest BCUT2D eigenvalue weighted by Crippen LogP contribution is 2.25. The molecule has 0 spiro atoms. The van der Waals surface area contributed by atoms with Crippen LogP contribution in [-0.4, -0.2) is 41.1 Å². The molecule has 4 rings (SSSR count). The molecule has 3 heterocycles. The number of anilines is 4. The maximum absolute atomic E-state index is 4.78. The number of nitrogens with one attached hydrogen (secondary N) is 1. The van der Waals surface area contributed by atoms with Crippen LogP contribution in [0.2, 0.25) is 0 Å². The lowest BCUT2D eigenvalue weighted by Crippen LogP contribution is -2.47. The predicted molar refractivity (Wildman–Crippen MR) is 115 cm³/mol. The first-order chi connectivity index (χ1) is 13.7. The van der Waals surface area contributed by atoms with Gasteiger partial charge in [-0.25, -0.2) is 9.97 Å². The third kappa shape index (κ3) is 3.91. The summed E-state index contributed by atoms with van der Waals surface area (Å²) in [6.45, 7) is 7.88. The van der Waals surface area contributed by atoms with E-state index in [0.717, 1.165) is 55.9 Å². The first-order valence-electron chi connectivity index (χ1n) is 9.84. The van der Waals surface area contributed by atoms with E-state index >= 15 is 0 Å². The Morgan fingerprint density at radius 1 is 0.893 bits per heavy atom. The molecule has 1 aliphatic heterocycles. The van der Waals surface area contributed by atoms with Gasteiger partial charge in [-0.05, 0) is 42.7 Å². The summed E-state index contributed by atoms with van der Waals surface area (Å²) in [4.78, 5) is 18.3. The van der Waals surface area contributed by atoms with Crippen LogP contribution in [0, 0.1) is 6.92 Å². The summed E-state index contributed by atoms with van der Waals surface area (Å²) in [5.74, 6) is 2.64. The Morgan fingerprint density at radius 3 is 2.46 bits per heavy atom. The van der Waals surface area contributed by atoms with E-state index < -0.39 is 0 Å². The van der Waals surface area contributed by atoms with Gasteiger partial charge in [-0.3, -0.25) is 0 Å². The average molecular weight is 374 g/mol. The van der Waals surface area contributed by atoms with Crippen molar-refractivity contribution in [1.29, 1.82) is 0 Å². The fraction of sp³-hybridized carbons (Fsp3) is 0.318. The van der Waals surface area contributed by atoms with Crippen molar-refractivity contribution in [3.8, 4) is 0 Å². The van der Waals surface area contributed by atoms with Crippen LogP contribution in [0.4, 0.5) is 23.3 Å². The number of nitrogens with zero attached hydrogens (tertiary/aromatic N) is 5. The quantitative estimate of drug-likeness (QED) is 0.733. The van der Waals surface area contributed by atoms with E-state index in [9.17, 15) is 0 Å². The molecular formula is C22H26N6. The highest BCUT2D eigenvalue weighted by Gasteiger charge is 2.20.